The molecule has 0 aliphatic rings. The van der Waals surface area contributed by atoms with Crippen LogP contribution in [-0.4, -0.2) is 4.57 Å². The maximum absolute atomic E-state index is 2.65. The molecule has 0 atom stereocenters. The predicted octanol–water partition coefficient (Wildman–Crippen LogP) is 15.4. The molecule has 0 fully saturated rings. The van der Waals surface area contributed by atoms with Crippen LogP contribution in [0.3, 0.4) is 0 Å². The molecule has 0 amide bonds. The Bertz CT molecular complexity index is 722. The van der Waals surface area contributed by atoms with Gasteiger partial charge < -0.3 is 0 Å². The molecular weight excluding hydrogens is 569 g/mol. The van der Waals surface area contributed by atoms with Gasteiger partial charge in [-0.15, -0.1) is 0 Å². The first-order valence-corrected chi connectivity index (χ1v) is 22.4. The maximum Gasteiger partial charge on any atom is 0.256 e. The average Bonchev–Trinajstić information content (AvgIpc) is 3.47. The van der Waals surface area contributed by atoms with Gasteiger partial charge in [-0.1, -0.05) is 220 Å². The molecule has 1 rings (SSSR count). The Morgan fingerprint density at radius 2 is 0.660 bits per heavy atom. The third-order valence-electron chi connectivity index (χ3n) is 10.8. The highest BCUT2D eigenvalue weighted by molar-refractivity contribution is 4.84. The van der Waals surface area contributed by atoms with Crippen molar-refractivity contribution >= 4 is 0 Å². The molecule has 0 saturated heterocycles. The van der Waals surface area contributed by atoms with Crippen LogP contribution in [0, 0.1) is 0 Å². The van der Waals surface area contributed by atoms with E-state index in [1.165, 1.54) is 251 Å². The van der Waals surface area contributed by atoms with Gasteiger partial charge in [-0.2, -0.15) is 0 Å². The van der Waals surface area contributed by atoms with Crippen molar-refractivity contribution in [2.24, 2.45) is 0 Å². The highest BCUT2D eigenvalue weighted by Crippen LogP contribution is 2.16. The number of nitrogens with zero attached hydrogens (tertiary/aromatic N) is 2. The fourth-order valence-electron chi connectivity index (χ4n) is 7.56. The van der Waals surface area contributed by atoms with Crippen LogP contribution >= 0.6 is 0 Å². The van der Waals surface area contributed by atoms with Crippen LogP contribution in [0.5, 0.6) is 0 Å². The quantitative estimate of drug-likeness (QED) is 0.0492. The van der Waals surface area contributed by atoms with Crippen LogP contribution in [0.1, 0.15) is 258 Å². The van der Waals surface area contributed by atoms with Gasteiger partial charge in [-0.3, -0.25) is 0 Å². The molecule has 0 unspecified atom stereocenters. The molecule has 47 heavy (non-hydrogen) atoms. The van der Waals surface area contributed by atoms with Gasteiger partial charge in [0.1, 0.15) is 12.4 Å². The van der Waals surface area contributed by atoms with Gasteiger partial charge in [-0.25, -0.2) is 9.13 Å². The molecule has 278 valence electrons. The van der Waals surface area contributed by atoms with Crippen LogP contribution in [0.15, 0.2) is 12.4 Å². The Hall–Kier alpha value is -0.790. The van der Waals surface area contributed by atoms with Gasteiger partial charge >= 0.3 is 0 Å². The number of aromatic nitrogens is 2. The molecule has 0 aliphatic carbocycles. The van der Waals surface area contributed by atoms with Crippen molar-refractivity contribution in [1.82, 2.24) is 4.57 Å². The largest absolute Gasteiger partial charge is 0.256 e. The van der Waals surface area contributed by atoms with Crippen molar-refractivity contribution in [1.29, 1.82) is 0 Å². The summed E-state index contributed by atoms with van der Waals surface area (Å²) in [6.45, 7) is 9.41. The Morgan fingerprint density at radius 1 is 0.362 bits per heavy atom. The maximum atomic E-state index is 2.65. The molecule has 0 bridgehead atoms. The van der Waals surface area contributed by atoms with E-state index < -0.39 is 0 Å². The van der Waals surface area contributed by atoms with Crippen molar-refractivity contribution in [3.8, 4) is 0 Å². The van der Waals surface area contributed by atoms with Crippen molar-refractivity contribution in [2.45, 2.75) is 271 Å². The van der Waals surface area contributed by atoms with Gasteiger partial charge in [0, 0.05) is 6.42 Å². The van der Waals surface area contributed by atoms with E-state index in [0.717, 1.165) is 0 Å². The third kappa shape index (κ3) is 28.7. The monoisotopic (exact) mass is 658 g/mol. The molecule has 0 aliphatic heterocycles. The Kier molecular flexibility index (Phi) is 34.3. The topological polar surface area (TPSA) is 8.81 Å². The van der Waals surface area contributed by atoms with Crippen LogP contribution in [0.4, 0.5) is 0 Å². The van der Waals surface area contributed by atoms with Gasteiger partial charge in [0.2, 0.25) is 0 Å². The van der Waals surface area contributed by atoms with Crippen molar-refractivity contribution in [3.63, 3.8) is 0 Å². The molecule has 0 aromatic carbocycles. The molecule has 1 aromatic heterocycles. The minimum atomic E-state index is 1.23. The van der Waals surface area contributed by atoms with Crippen LogP contribution in [0.25, 0.3) is 0 Å². The second-order valence-electron chi connectivity index (χ2n) is 15.5. The summed E-state index contributed by atoms with van der Waals surface area (Å²) in [6.07, 6.45) is 57.8. The molecule has 1 heterocycles. The number of rotatable bonds is 39. The summed E-state index contributed by atoms with van der Waals surface area (Å²) in [5, 5.41) is 0. The van der Waals surface area contributed by atoms with Crippen LogP contribution in [-0.2, 0) is 19.5 Å². The lowest BCUT2D eigenvalue weighted by atomic mass is 10.0. The molecule has 0 radical (unpaired) electrons. The lowest BCUT2D eigenvalue weighted by molar-refractivity contribution is -0.704. The molecule has 2 nitrogen and oxygen atoms in total. The van der Waals surface area contributed by atoms with Crippen LogP contribution < -0.4 is 4.57 Å². The normalized spacial score (nSPS) is 11.6. The summed E-state index contributed by atoms with van der Waals surface area (Å²) in [5.74, 6) is 1.63. The second kappa shape index (κ2) is 36.5. The zero-order chi connectivity index (χ0) is 33.7. The smallest absolute Gasteiger partial charge is 0.234 e. The number of hydrogen-bond acceptors (Lipinski definition) is 0. The summed E-state index contributed by atoms with van der Waals surface area (Å²) in [6, 6.07) is 0. The highest BCUT2D eigenvalue weighted by atomic mass is 15.1. The summed E-state index contributed by atoms with van der Waals surface area (Å²) < 4.78 is 5.29. The number of hydrogen-bond donors (Lipinski definition) is 0. The van der Waals surface area contributed by atoms with E-state index in [1.54, 1.807) is 5.82 Å². The van der Waals surface area contributed by atoms with E-state index in [0.29, 0.717) is 0 Å². The molecule has 0 N–H and O–H groups in total. The highest BCUT2D eigenvalue weighted by Gasteiger charge is 2.16. The third-order valence-corrected chi connectivity index (χ3v) is 10.8. The Morgan fingerprint density at radius 3 is 1.02 bits per heavy atom. The zero-order valence-electron chi connectivity index (χ0n) is 33.1. The predicted molar refractivity (Wildman–Crippen MR) is 212 cm³/mol. The fourth-order valence-corrected chi connectivity index (χ4v) is 7.56. The first-order valence-electron chi connectivity index (χ1n) is 22.4. The molecule has 2 heteroatoms. The molecule has 0 saturated carbocycles. The fraction of sp³-hybridized carbons (Fsp3) is 0.933. The average molecular weight is 658 g/mol. The summed E-state index contributed by atoms with van der Waals surface area (Å²) in [5.41, 5.74) is 0. The Balaban J connectivity index is 2.26. The van der Waals surface area contributed by atoms with Crippen molar-refractivity contribution in [2.75, 3.05) is 0 Å². The summed E-state index contributed by atoms with van der Waals surface area (Å²) in [7, 11) is 0. The first kappa shape index (κ1) is 44.2. The summed E-state index contributed by atoms with van der Waals surface area (Å²) in [4.78, 5) is 0. The van der Waals surface area contributed by atoms with E-state index in [-0.39, 0.29) is 0 Å². The van der Waals surface area contributed by atoms with Gasteiger partial charge in [0.25, 0.3) is 5.82 Å². The van der Waals surface area contributed by atoms with Gasteiger partial charge in [0.15, 0.2) is 0 Å². The van der Waals surface area contributed by atoms with E-state index in [2.05, 4.69) is 42.3 Å². The molecular formula is C45H89N2+. The van der Waals surface area contributed by atoms with E-state index >= 15 is 0 Å². The standard InChI is InChI=1S/C45H89N2/c1-4-7-10-13-16-19-21-23-25-27-30-33-36-39-42-47-44-43-46(45(47)40-37-34-31-28-18-15-12-9-6-3)41-38-35-32-29-26-24-22-20-17-14-11-8-5-2/h43-44H,4-42H2,1-3H3/q+1. The minimum absolute atomic E-state index is 1.23. The number of imidazole rings is 1. The Labute approximate surface area is 298 Å². The second-order valence-corrected chi connectivity index (χ2v) is 15.5. The van der Waals surface area contributed by atoms with Crippen molar-refractivity contribution < 1.29 is 4.57 Å². The summed E-state index contributed by atoms with van der Waals surface area (Å²) >= 11 is 0. The van der Waals surface area contributed by atoms with E-state index in [1.807, 2.05) is 0 Å². The molecule has 1 aromatic rings. The molecule has 0 spiro atoms. The zero-order valence-corrected chi connectivity index (χ0v) is 33.1. The number of unbranched alkanes of at least 4 members (excludes halogenated alkanes) is 33. The van der Waals surface area contributed by atoms with Crippen LogP contribution in [0.2, 0.25) is 0 Å². The first-order chi connectivity index (χ1) is 23.3. The van der Waals surface area contributed by atoms with Gasteiger partial charge in [-0.05, 0) is 32.1 Å². The number of aryl methyl sites for hydroxylation is 2. The van der Waals surface area contributed by atoms with Gasteiger partial charge in [0.05, 0.1) is 13.1 Å². The lowest BCUT2D eigenvalue weighted by Gasteiger charge is -2.07. The minimum Gasteiger partial charge on any atom is -0.234 e. The lowest BCUT2D eigenvalue weighted by Crippen LogP contribution is -2.37. The van der Waals surface area contributed by atoms with Crippen molar-refractivity contribution in [3.05, 3.63) is 18.2 Å². The van der Waals surface area contributed by atoms with E-state index in [9.17, 15) is 0 Å². The SMILES string of the molecule is CCCCCCCCCCCCCCCCn1cc[n+](CCCCCCCCCCCCCCC)c1CCCCCCCCCCC. The van der Waals surface area contributed by atoms with E-state index in [4.69, 9.17) is 0 Å².